The van der Waals surface area contributed by atoms with Gasteiger partial charge in [-0.05, 0) is 24.7 Å². The first-order chi connectivity index (χ1) is 10.1. The van der Waals surface area contributed by atoms with Crippen molar-refractivity contribution in [2.45, 2.75) is 12.5 Å². The Morgan fingerprint density at radius 1 is 1.19 bits per heavy atom. The molecule has 1 atom stereocenters. The van der Waals surface area contributed by atoms with Gasteiger partial charge in [-0.2, -0.15) is 0 Å². The summed E-state index contributed by atoms with van der Waals surface area (Å²) in [6.45, 7) is 0.611. The normalized spacial score (nSPS) is 14.7. The Balaban J connectivity index is 2.12. The Morgan fingerprint density at radius 2 is 2.00 bits per heavy atom. The third-order valence-electron chi connectivity index (χ3n) is 3.70. The number of halogens is 3. The summed E-state index contributed by atoms with van der Waals surface area (Å²) in [5, 5.41) is 2.80. The summed E-state index contributed by atoms with van der Waals surface area (Å²) in [6.07, 6.45) is 0.830. The van der Waals surface area contributed by atoms with Gasteiger partial charge in [0.15, 0.2) is 0 Å². The first-order valence-electron chi connectivity index (χ1n) is 6.68. The van der Waals surface area contributed by atoms with Crippen LogP contribution in [0.5, 0.6) is 5.75 Å². The fourth-order valence-corrected chi connectivity index (χ4v) is 2.86. The van der Waals surface area contributed by atoms with Crippen LogP contribution < -0.4 is 10.1 Å². The van der Waals surface area contributed by atoms with Crippen molar-refractivity contribution in [3.8, 4) is 5.75 Å². The molecule has 0 amide bonds. The third kappa shape index (κ3) is 2.49. The summed E-state index contributed by atoms with van der Waals surface area (Å²) >= 11 is 5.61. The van der Waals surface area contributed by atoms with Gasteiger partial charge in [-0.15, -0.1) is 0 Å². The van der Waals surface area contributed by atoms with Gasteiger partial charge in [0.2, 0.25) is 0 Å². The lowest BCUT2D eigenvalue weighted by atomic mass is 9.95. The minimum absolute atomic E-state index is 0.211. The summed E-state index contributed by atoms with van der Waals surface area (Å²) in [7, 11) is 1.70. The van der Waals surface area contributed by atoms with Gasteiger partial charge in [-0.1, -0.05) is 29.8 Å². The molecule has 1 aliphatic rings. The van der Waals surface area contributed by atoms with Crippen molar-refractivity contribution in [2.75, 3.05) is 13.7 Å². The first-order valence-corrected chi connectivity index (χ1v) is 7.06. The highest BCUT2D eigenvalue weighted by atomic mass is 35.5. The maximum Gasteiger partial charge on any atom is 0.142 e. The van der Waals surface area contributed by atoms with Gasteiger partial charge in [0.1, 0.15) is 17.4 Å². The lowest BCUT2D eigenvalue weighted by molar-refractivity contribution is 0.350. The number of para-hydroxylation sites is 1. The number of ether oxygens (including phenoxy) is 1. The lowest BCUT2D eigenvalue weighted by Crippen LogP contribution is -2.20. The highest BCUT2D eigenvalue weighted by Crippen LogP contribution is 2.37. The second-order valence-electron chi connectivity index (χ2n) is 4.94. The molecule has 1 aliphatic heterocycles. The molecule has 0 aliphatic carbocycles. The Bertz CT molecular complexity index is 690. The van der Waals surface area contributed by atoms with Gasteiger partial charge in [0.05, 0.1) is 17.7 Å². The predicted octanol–water partition coefficient (Wildman–Crippen LogP) is 3.86. The Labute approximate surface area is 126 Å². The molecule has 2 nitrogen and oxygen atoms in total. The molecule has 0 spiro atoms. The Kier molecular flexibility index (Phi) is 3.83. The number of hydrogen-bond acceptors (Lipinski definition) is 2. The molecule has 110 valence electrons. The maximum atomic E-state index is 14.2. The SMILES string of the molecule is CNC(c1cc(F)c(Cl)cc1F)c1cccc2c1OCC2. The van der Waals surface area contributed by atoms with Crippen LogP contribution in [-0.4, -0.2) is 13.7 Å². The quantitative estimate of drug-likeness (QED) is 0.869. The van der Waals surface area contributed by atoms with E-state index in [4.69, 9.17) is 16.3 Å². The molecule has 0 saturated carbocycles. The predicted molar refractivity (Wildman–Crippen MR) is 77.9 cm³/mol. The van der Waals surface area contributed by atoms with Crippen molar-refractivity contribution < 1.29 is 13.5 Å². The van der Waals surface area contributed by atoms with E-state index in [0.717, 1.165) is 35.4 Å². The summed E-state index contributed by atoms with van der Waals surface area (Å²) in [6, 6.07) is 7.38. The monoisotopic (exact) mass is 309 g/mol. The lowest BCUT2D eigenvalue weighted by Gasteiger charge is -2.20. The number of nitrogens with one attached hydrogen (secondary N) is 1. The van der Waals surface area contributed by atoms with Gasteiger partial charge < -0.3 is 10.1 Å². The third-order valence-corrected chi connectivity index (χ3v) is 3.98. The summed E-state index contributed by atoms with van der Waals surface area (Å²) in [5.41, 5.74) is 2.10. The van der Waals surface area contributed by atoms with Gasteiger partial charge in [-0.25, -0.2) is 8.78 Å². The molecule has 3 rings (SSSR count). The molecule has 0 radical (unpaired) electrons. The molecular formula is C16H14ClF2NO. The van der Waals surface area contributed by atoms with Crippen molar-refractivity contribution in [2.24, 2.45) is 0 Å². The molecule has 0 saturated heterocycles. The van der Waals surface area contributed by atoms with Gasteiger partial charge >= 0.3 is 0 Å². The van der Waals surface area contributed by atoms with Crippen molar-refractivity contribution in [1.29, 1.82) is 0 Å². The molecular weight excluding hydrogens is 296 g/mol. The van der Waals surface area contributed by atoms with Crippen LogP contribution >= 0.6 is 11.6 Å². The van der Waals surface area contributed by atoms with Crippen LogP contribution in [0, 0.1) is 11.6 Å². The molecule has 21 heavy (non-hydrogen) atoms. The zero-order valence-corrected chi connectivity index (χ0v) is 12.2. The van der Waals surface area contributed by atoms with E-state index < -0.39 is 17.7 Å². The number of hydrogen-bond donors (Lipinski definition) is 1. The van der Waals surface area contributed by atoms with Crippen LogP contribution in [-0.2, 0) is 6.42 Å². The van der Waals surface area contributed by atoms with E-state index in [-0.39, 0.29) is 10.6 Å². The first kappa shape index (κ1) is 14.3. The molecule has 1 unspecified atom stereocenters. The number of rotatable bonds is 3. The van der Waals surface area contributed by atoms with Crippen molar-refractivity contribution in [3.63, 3.8) is 0 Å². The molecule has 1 N–H and O–H groups in total. The van der Waals surface area contributed by atoms with Crippen LogP contribution in [0.4, 0.5) is 8.78 Å². The van der Waals surface area contributed by atoms with E-state index in [1.54, 1.807) is 7.05 Å². The zero-order chi connectivity index (χ0) is 15.0. The molecule has 1 heterocycles. The van der Waals surface area contributed by atoms with Crippen LogP contribution in [0.25, 0.3) is 0 Å². The number of benzene rings is 2. The van der Waals surface area contributed by atoms with E-state index in [1.165, 1.54) is 0 Å². The average Bonchev–Trinajstić information content (AvgIpc) is 2.94. The summed E-state index contributed by atoms with van der Waals surface area (Å²) in [4.78, 5) is 0. The van der Waals surface area contributed by atoms with Gasteiger partial charge in [-0.3, -0.25) is 0 Å². The van der Waals surface area contributed by atoms with E-state index in [1.807, 2.05) is 18.2 Å². The standard InChI is InChI=1S/C16H14ClF2NO/c1-20-15(11-7-14(19)12(17)8-13(11)18)10-4-2-3-9-5-6-21-16(9)10/h2-4,7-8,15,20H,5-6H2,1H3. The van der Waals surface area contributed by atoms with Crippen molar-refractivity contribution in [3.05, 3.63) is 63.7 Å². The van der Waals surface area contributed by atoms with Crippen LogP contribution in [0.2, 0.25) is 5.02 Å². The fraction of sp³-hybridized carbons (Fsp3) is 0.250. The smallest absolute Gasteiger partial charge is 0.142 e. The highest BCUT2D eigenvalue weighted by Gasteiger charge is 2.25. The molecule has 0 aromatic heterocycles. The second-order valence-corrected chi connectivity index (χ2v) is 5.35. The van der Waals surface area contributed by atoms with E-state index in [2.05, 4.69) is 5.32 Å². The molecule has 2 aromatic rings. The molecule has 5 heteroatoms. The van der Waals surface area contributed by atoms with E-state index >= 15 is 0 Å². The van der Waals surface area contributed by atoms with Crippen molar-refractivity contribution in [1.82, 2.24) is 5.32 Å². The van der Waals surface area contributed by atoms with Crippen LogP contribution in [0.1, 0.15) is 22.7 Å². The summed E-state index contributed by atoms with van der Waals surface area (Å²) < 4.78 is 33.5. The maximum absolute atomic E-state index is 14.2. The molecule has 2 aromatic carbocycles. The average molecular weight is 310 g/mol. The van der Waals surface area contributed by atoms with Crippen LogP contribution in [0.15, 0.2) is 30.3 Å². The zero-order valence-electron chi connectivity index (χ0n) is 11.4. The largest absolute Gasteiger partial charge is 0.493 e. The Morgan fingerprint density at radius 3 is 2.76 bits per heavy atom. The minimum Gasteiger partial charge on any atom is -0.493 e. The molecule has 0 fully saturated rings. The van der Waals surface area contributed by atoms with Crippen molar-refractivity contribution >= 4 is 11.6 Å². The topological polar surface area (TPSA) is 21.3 Å². The number of fused-ring (bicyclic) bond motifs is 1. The van der Waals surface area contributed by atoms with Crippen LogP contribution in [0.3, 0.4) is 0 Å². The Hall–Kier alpha value is -1.65. The molecule has 0 bridgehead atoms. The highest BCUT2D eigenvalue weighted by molar-refractivity contribution is 6.30. The van der Waals surface area contributed by atoms with E-state index in [0.29, 0.717) is 6.61 Å². The summed E-state index contributed by atoms with van der Waals surface area (Å²) in [5.74, 6) is -0.426. The van der Waals surface area contributed by atoms with Gasteiger partial charge in [0, 0.05) is 17.5 Å². The van der Waals surface area contributed by atoms with E-state index in [9.17, 15) is 8.78 Å². The van der Waals surface area contributed by atoms with Gasteiger partial charge in [0.25, 0.3) is 0 Å². The fourth-order valence-electron chi connectivity index (χ4n) is 2.71. The minimum atomic E-state index is -0.637. The second kappa shape index (κ2) is 5.62.